The van der Waals surface area contributed by atoms with Crippen molar-refractivity contribution in [2.24, 2.45) is 0 Å². The zero-order valence-electron chi connectivity index (χ0n) is 8.12. The maximum Gasteiger partial charge on any atom is 0.224 e. The number of carbonyl (C=O) groups is 1. The molecule has 80 valence electrons. The molecule has 2 nitrogen and oxygen atoms in total. The summed E-state index contributed by atoms with van der Waals surface area (Å²) in [7, 11) is 0. The summed E-state index contributed by atoms with van der Waals surface area (Å²) in [6.07, 6.45) is 0.454. The minimum atomic E-state index is -0.0372. The van der Waals surface area contributed by atoms with Gasteiger partial charge in [-0.15, -0.1) is 11.6 Å². The first-order valence-corrected chi connectivity index (χ1v) is 5.63. The van der Waals surface area contributed by atoms with E-state index in [4.69, 9.17) is 23.2 Å². The van der Waals surface area contributed by atoms with E-state index in [0.29, 0.717) is 24.5 Å². The molecule has 1 amide bonds. The van der Waals surface area contributed by atoms with Crippen molar-refractivity contribution in [2.75, 3.05) is 6.54 Å². The van der Waals surface area contributed by atoms with Gasteiger partial charge in [-0.1, -0.05) is 23.7 Å². The van der Waals surface area contributed by atoms with Crippen LogP contribution in [-0.4, -0.2) is 22.7 Å². The minimum Gasteiger partial charge on any atom is -0.337 e. The highest BCUT2D eigenvalue weighted by atomic mass is 35.5. The van der Waals surface area contributed by atoms with E-state index in [1.165, 1.54) is 0 Å². The van der Waals surface area contributed by atoms with Crippen molar-refractivity contribution in [1.29, 1.82) is 0 Å². The molecule has 1 atom stereocenters. The van der Waals surface area contributed by atoms with E-state index >= 15 is 0 Å². The first kappa shape index (κ1) is 10.8. The van der Waals surface area contributed by atoms with Crippen LogP contribution in [0.1, 0.15) is 12.0 Å². The lowest BCUT2D eigenvalue weighted by atomic mass is 10.2. The van der Waals surface area contributed by atoms with Crippen LogP contribution >= 0.6 is 23.2 Å². The Kier molecular flexibility index (Phi) is 3.17. The van der Waals surface area contributed by atoms with Crippen molar-refractivity contribution in [2.45, 2.75) is 18.3 Å². The second kappa shape index (κ2) is 4.42. The SMILES string of the molecule is O=C1CC(Cl)CN1Cc1ccc(Cl)cc1. The predicted molar refractivity (Wildman–Crippen MR) is 61.1 cm³/mol. The molecule has 1 heterocycles. The summed E-state index contributed by atoms with van der Waals surface area (Å²) in [6.45, 7) is 1.27. The third-order valence-corrected chi connectivity index (χ3v) is 3.00. The standard InChI is InChI=1S/C11H11Cl2NO/c12-9-3-1-8(2-4-9)6-14-7-10(13)5-11(14)15/h1-4,10H,5-7H2. The van der Waals surface area contributed by atoms with Crippen molar-refractivity contribution in [3.05, 3.63) is 34.9 Å². The van der Waals surface area contributed by atoms with Gasteiger partial charge in [-0.25, -0.2) is 0 Å². The van der Waals surface area contributed by atoms with Crippen molar-refractivity contribution >= 4 is 29.1 Å². The number of hydrogen-bond donors (Lipinski definition) is 0. The van der Waals surface area contributed by atoms with E-state index in [1.54, 1.807) is 4.90 Å². The van der Waals surface area contributed by atoms with Crippen molar-refractivity contribution < 1.29 is 4.79 Å². The Bertz CT molecular complexity index is 363. The molecule has 1 saturated heterocycles. The van der Waals surface area contributed by atoms with Crippen LogP contribution in [-0.2, 0) is 11.3 Å². The summed E-state index contributed by atoms with van der Waals surface area (Å²) in [5, 5.41) is 0.673. The zero-order chi connectivity index (χ0) is 10.8. The number of rotatable bonds is 2. The Morgan fingerprint density at radius 2 is 2.00 bits per heavy atom. The molecule has 0 aromatic heterocycles. The van der Waals surface area contributed by atoms with Crippen molar-refractivity contribution in [1.82, 2.24) is 4.90 Å². The third-order valence-electron chi connectivity index (χ3n) is 2.45. The highest BCUT2D eigenvalue weighted by Crippen LogP contribution is 2.19. The van der Waals surface area contributed by atoms with Crippen LogP contribution in [0, 0.1) is 0 Å². The minimum absolute atomic E-state index is 0.0372. The molecule has 15 heavy (non-hydrogen) atoms. The number of amides is 1. The molecule has 0 aliphatic carbocycles. The normalized spacial score (nSPS) is 21.1. The number of hydrogen-bond acceptors (Lipinski definition) is 1. The molecule has 1 aromatic rings. The van der Waals surface area contributed by atoms with Crippen molar-refractivity contribution in [3.8, 4) is 0 Å². The lowest BCUT2D eigenvalue weighted by Gasteiger charge is -2.15. The average molecular weight is 244 g/mol. The van der Waals surface area contributed by atoms with E-state index < -0.39 is 0 Å². The average Bonchev–Trinajstić information content (AvgIpc) is 2.49. The monoisotopic (exact) mass is 243 g/mol. The molecular formula is C11H11Cl2NO. The molecule has 0 spiro atoms. The summed E-state index contributed by atoms with van der Waals surface area (Å²) < 4.78 is 0. The second-order valence-corrected chi connectivity index (χ2v) is 4.76. The predicted octanol–water partition coefficient (Wildman–Crippen LogP) is 2.68. The highest BCUT2D eigenvalue weighted by molar-refractivity contribution is 6.30. The molecule has 1 aliphatic heterocycles. The van der Waals surface area contributed by atoms with Crippen LogP contribution in [0.3, 0.4) is 0 Å². The quantitative estimate of drug-likeness (QED) is 0.732. The molecule has 1 fully saturated rings. The highest BCUT2D eigenvalue weighted by Gasteiger charge is 2.27. The Morgan fingerprint density at radius 1 is 1.33 bits per heavy atom. The van der Waals surface area contributed by atoms with Crippen LogP contribution < -0.4 is 0 Å². The van der Waals surface area contributed by atoms with E-state index in [-0.39, 0.29) is 11.3 Å². The summed E-state index contributed by atoms with van der Waals surface area (Å²) in [5.41, 5.74) is 1.08. The summed E-state index contributed by atoms with van der Waals surface area (Å²) in [6, 6.07) is 7.51. The van der Waals surface area contributed by atoms with Gasteiger partial charge in [0.1, 0.15) is 0 Å². The second-order valence-electron chi connectivity index (χ2n) is 3.70. The fourth-order valence-electron chi connectivity index (χ4n) is 1.69. The molecular weight excluding hydrogens is 233 g/mol. The number of alkyl halides is 1. The van der Waals surface area contributed by atoms with E-state index in [2.05, 4.69) is 0 Å². The molecule has 1 aromatic carbocycles. The van der Waals surface area contributed by atoms with Crippen LogP contribution in [0.4, 0.5) is 0 Å². The van der Waals surface area contributed by atoms with Crippen LogP contribution in [0.15, 0.2) is 24.3 Å². The number of likely N-dealkylation sites (tertiary alicyclic amines) is 1. The summed E-state index contributed by atoms with van der Waals surface area (Å²) in [5.74, 6) is 0.130. The number of halogens is 2. The Labute approximate surface area is 98.8 Å². The van der Waals surface area contributed by atoms with Crippen LogP contribution in [0.2, 0.25) is 5.02 Å². The van der Waals surface area contributed by atoms with Gasteiger partial charge in [0.05, 0.1) is 5.38 Å². The molecule has 0 radical (unpaired) electrons. The largest absolute Gasteiger partial charge is 0.337 e. The number of benzene rings is 1. The van der Waals surface area contributed by atoms with Crippen LogP contribution in [0.5, 0.6) is 0 Å². The van der Waals surface area contributed by atoms with Gasteiger partial charge in [-0.05, 0) is 17.7 Å². The molecule has 2 rings (SSSR count). The fourth-order valence-corrected chi connectivity index (χ4v) is 2.11. The smallest absolute Gasteiger partial charge is 0.224 e. The maximum absolute atomic E-state index is 11.5. The van der Waals surface area contributed by atoms with Gasteiger partial charge >= 0.3 is 0 Å². The molecule has 4 heteroatoms. The first-order chi connectivity index (χ1) is 7.15. The molecule has 0 bridgehead atoms. The zero-order valence-corrected chi connectivity index (χ0v) is 9.63. The first-order valence-electron chi connectivity index (χ1n) is 4.81. The van der Waals surface area contributed by atoms with Crippen molar-refractivity contribution in [3.63, 3.8) is 0 Å². The van der Waals surface area contributed by atoms with Gasteiger partial charge < -0.3 is 4.90 Å². The molecule has 1 aliphatic rings. The van der Waals surface area contributed by atoms with Gasteiger partial charge in [0.15, 0.2) is 0 Å². The van der Waals surface area contributed by atoms with E-state index in [1.807, 2.05) is 24.3 Å². The molecule has 0 N–H and O–H groups in total. The maximum atomic E-state index is 11.5. The van der Waals surface area contributed by atoms with Gasteiger partial charge in [-0.3, -0.25) is 4.79 Å². The fraction of sp³-hybridized carbons (Fsp3) is 0.364. The summed E-state index contributed by atoms with van der Waals surface area (Å²) in [4.78, 5) is 13.3. The Balaban J connectivity index is 2.03. The Hall–Kier alpha value is -0.730. The Morgan fingerprint density at radius 3 is 2.53 bits per heavy atom. The van der Waals surface area contributed by atoms with Gasteiger partial charge in [0.2, 0.25) is 5.91 Å². The number of carbonyl (C=O) groups excluding carboxylic acids is 1. The topological polar surface area (TPSA) is 20.3 Å². The molecule has 1 unspecified atom stereocenters. The lowest BCUT2D eigenvalue weighted by Crippen LogP contribution is -2.24. The van der Waals surface area contributed by atoms with Gasteiger partial charge in [0.25, 0.3) is 0 Å². The van der Waals surface area contributed by atoms with E-state index in [9.17, 15) is 4.79 Å². The molecule has 0 saturated carbocycles. The van der Waals surface area contributed by atoms with E-state index in [0.717, 1.165) is 5.56 Å². The third kappa shape index (κ3) is 2.64. The van der Waals surface area contributed by atoms with Gasteiger partial charge in [-0.2, -0.15) is 0 Å². The van der Waals surface area contributed by atoms with Gasteiger partial charge in [0, 0.05) is 24.5 Å². The number of nitrogens with zero attached hydrogens (tertiary/aromatic N) is 1. The lowest BCUT2D eigenvalue weighted by molar-refractivity contribution is -0.128. The summed E-state index contributed by atoms with van der Waals surface area (Å²) >= 11 is 11.7. The van der Waals surface area contributed by atoms with Crippen LogP contribution in [0.25, 0.3) is 0 Å².